The molecule has 16 heavy (non-hydrogen) atoms. The van der Waals surface area contributed by atoms with Crippen LogP contribution in [0.3, 0.4) is 0 Å². The van der Waals surface area contributed by atoms with Gasteiger partial charge in [0.2, 0.25) is 11.6 Å². The van der Waals surface area contributed by atoms with Gasteiger partial charge in [0.25, 0.3) is 11.9 Å². The smallest absolute Gasteiger partial charge is 0.253 e. The Morgan fingerprint density at radius 1 is 1.06 bits per heavy atom. The molecule has 1 heterocycles. The molecule has 0 fully saturated rings. The number of nitrogens with zero attached hydrogens (tertiary/aromatic N) is 1. The third kappa shape index (κ3) is 2.43. The van der Waals surface area contributed by atoms with Gasteiger partial charge in [0.15, 0.2) is 0 Å². The summed E-state index contributed by atoms with van der Waals surface area (Å²) in [7, 11) is 0. The van der Waals surface area contributed by atoms with Gasteiger partial charge in [-0.1, -0.05) is 6.92 Å². The second kappa shape index (κ2) is 4.27. The predicted octanol–water partition coefficient (Wildman–Crippen LogP) is 3.24. The molecular formula is C10H12F4N2. The van der Waals surface area contributed by atoms with E-state index in [1.165, 1.54) is 0 Å². The zero-order valence-corrected chi connectivity index (χ0v) is 9.17. The lowest BCUT2D eigenvalue weighted by Gasteiger charge is -2.26. The van der Waals surface area contributed by atoms with Crippen LogP contribution in [-0.2, 0) is 0 Å². The van der Waals surface area contributed by atoms with E-state index in [1.54, 1.807) is 20.8 Å². The van der Waals surface area contributed by atoms with Crippen molar-refractivity contribution in [1.82, 2.24) is 4.98 Å². The molecule has 6 heteroatoms. The number of anilines is 1. The summed E-state index contributed by atoms with van der Waals surface area (Å²) in [6, 6.07) is 0. The van der Waals surface area contributed by atoms with E-state index in [-0.39, 0.29) is 0 Å². The van der Waals surface area contributed by atoms with Gasteiger partial charge in [0, 0.05) is 5.54 Å². The summed E-state index contributed by atoms with van der Waals surface area (Å²) in [6.45, 7) is 5.08. The lowest BCUT2D eigenvalue weighted by molar-refractivity contribution is 0.405. The summed E-state index contributed by atoms with van der Waals surface area (Å²) in [5.41, 5.74) is -1.50. The highest BCUT2D eigenvalue weighted by Gasteiger charge is 2.25. The van der Waals surface area contributed by atoms with Crippen LogP contribution in [0.15, 0.2) is 0 Å². The topological polar surface area (TPSA) is 24.9 Å². The Balaban J connectivity index is 3.23. The molecule has 0 unspecified atom stereocenters. The average molecular weight is 236 g/mol. The van der Waals surface area contributed by atoms with Crippen LogP contribution in [0.25, 0.3) is 0 Å². The molecule has 90 valence electrons. The van der Waals surface area contributed by atoms with Gasteiger partial charge in [0.05, 0.1) is 0 Å². The highest BCUT2D eigenvalue weighted by molar-refractivity contribution is 5.47. The third-order valence-corrected chi connectivity index (χ3v) is 2.34. The lowest BCUT2D eigenvalue weighted by atomic mass is 10.0. The summed E-state index contributed by atoms with van der Waals surface area (Å²) < 4.78 is 51.9. The van der Waals surface area contributed by atoms with Crippen LogP contribution >= 0.6 is 0 Å². The molecular weight excluding hydrogens is 224 g/mol. The predicted molar refractivity (Wildman–Crippen MR) is 52.1 cm³/mol. The number of hydrogen-bond donors (Lipinski definition) is 1. The van der Waals surface area contributed by atoms with Gasteiger partial charge in [-0.3, -0.25) is 0 Å². The molecule has 0 saturated heterocycles. The number of aromatic nitrogens is 1. The highest BCUT2D eigenvalue weighted by Crippen LogP contribution is 2.26. The molecule has 0 saturated carbocycles. The Bertz CT molecular complexity index is 378. The third-order valence-electron chi connectivity index (χ3n) is 2.34. The summed E-state index contributed by atoms with van der Waals surface area (Å²) in [5, 5.41) is 2.42. The van der Waals surface area contributed by atoms with Gasteiger partial charge in [0.1, 0.15) is 5.69 Å². The molecule has 2 nitrogen and oxygen atoms in total. The van der Waals surface area contributed by atoms with Gasteiger partial charge in [-0.2, -0.15) is 22.5 Å². The first-order valence-electron chi connectivity index (χ1n) is 4.76. The number of halogens is 4. The van der Waals surface area contributed by atoms with Crippen LogP contribution in [0.2, 0.25) is 0 Å². The number of nitrogens with one attached hydrogen (secondary N) is 1. The minimum Gasteiger partial charge on any atom is -0.375 e. The Morgan fingerprint density at radius 2 is 1.50 bits per heavy atom. The minimum atomic E-state index is -1.66. The zero-order chi connectivity index (χ0) is 12.5. The normalized spacial score (nSPS) is 11.7. The zero-order valence-electron chi connectivity index (χ0n) is 9.17. The molecule has 0 bridgehead atoms. The molecule has 0 aliphatic carbocycles. The van der Waals surface area contributed by atoms with Crippen LogP contribution in [0.5, 0.6) is 0 Å². The van der Waals surface area contributed by atoms with Crippen LogP contribution in [0.1, 0.15) is 27.2 Å². The Morgan fingerprint density at radius 3 is 1.88 bits per heavy atom. The minimum absolute atomic E-state index is 0.525. The molecule has 1 aromatic heterocycles. The molecule has 0 atom stereocenters. The first-order chi connectivity index (χ1) is 7.28. The molecule has 0 radical (unpaired) electrons. The number of pyridine rings is 1. The Hall–Kier alpha value is -1.33. The quantitative estimate of drug-likeness (QED) is 0.643. The van der Waals surface area contributed by atoms with Crippen molar-refractivity contribution in [2.75, 3.05) is 5.32 Å². The SMILES string of the molecule is CCC(C)(C)Nc1c(F)c(F)nc(F)c1F. The maximum Gasteiger partial charge on any atom is 0.253 e. The highest BCUT2D eigenvalue weighted by atomic mass is 19.2. The second-order valence-corrected chi connectivity index (χ2v) is 4.06. The fourth-order valence-electron chi connectivity index (χ4n) is 1.02. The molecule has 0 amide bonds. The van der Waals surface area contributed by atoms with Gasteiger partial charge in [-0.15, -0.1) is 0 Å². The van der Waals surface area contributed by atoms with E-state index in [0.717, 1.165) is 0 Å². The van der Waals surface area contributed by atoms with Crippen molar-refractivity contribution >= 4 is 5.69 Å². The monoisotopic (exact) mass is 236 g/mol. The van der Waals surface area contributed by atoms with E-state index in [9.17, 15) is 17.6 Å². The fourth-order valence-corrected chi connectivity index (χ4v) is 1.02. The van der Waals surface area contributed by atoms with Crippen molar-refractivity contribution in [3.8, 4) is 0 Å². The van der Waals surface area contributed by atoms with Gasteiger partial charge < -0.3 is 5.32 Å². The van der Waals surface area contributed by atoms with Crippen LogP contribution in [-0.4, -0.2) is 10.5 Å². The molecule has 1 N–H and O–H groups in total. The molecule has 1 rings (SSSR count). The average Bonchev–Trinajstić information content (AvgIpc) is 2.22. The summed E-state index contributed by atoms with van der Waals surface area (Å²) >= 11 is 0. The van der Waals surface area contributed by atoms with E-state index in [4.69, 9.17) is 0 Å². The number of hydrogen-bond acceptors (Lipinski definition) is 2. The summed E-state index contributed by atoms with van der Waals surface area (Å²) in [4.78, 5) is 2.47. The second-order valence-electron chi connectivity index (χ2n) is 4.06. The van der Waals surface area contributed by atoms with Crippen molar-refractivity contribution in [3.05, 3.63) is 23.5 Å². The molecule has 0 aliphatic rings. The number of rotatable bonds is 3. The molecule has 0 aromatic carbocycles. The van der Waals surface area contributed by atoms with Crippen molar-refractivity contribution in [3.63, 3.8) is 0 Å². The molecule has 1 aromatic rings. The standard InChI is InChI=1S/C10H12F4N2/c1-4-10(2,3)16-7-5(11)8(13)15-9(14)6(7)12/h4H2,1-3H3,(H,15,16). The van der Waals surface area contributed by atoms with Crippen LogP contribution in [0.4, 0.5) is 23.2 Å². The first-order valence-corrected chi connectivity index (χ1v) is 4.76. The maximum atomic E-state index is 13.2. The van der Waals surface area contributed by atoms with E-state index in [0.29, 0.717) is 6.42 Å². The summed E-state index contributed by atoms with van der Waals surface area (Å²) in [6.07, 6.45) is 0.525. The van der Waals surface area contributed by atoms with E-state index in [2.05, 4.69) is 10.3 Å². The molecule has 0 spiro atoms. The van der Waals surface area contributed by atoms with E-state index >= 15 is 0 Å². The fraction of sp³-hybridized carbons (Fsp3) is 0.500. The first kappa shape index (κ1) is 12.7. The maximum absolute atomic E-state index is 13.2. The van der Waals surface area contributed by atoms with Crippen molar-refractivity contribution in [1.29, 1.82) is 0 Å². The lowest BCUT2D eigenvalue weighted by Crippen LogP contribution is -2.31. The van der Waals surface area contributed by atoms with Gasteiger partial charge in [-0.05, 0) is 20.3 Å². The van der Waals surface area contributed by atoms with Gasteiger partial charge >= 0.3 is 0 Å². The van der Waals surface area contributed by atoms with Crippen molar-refractivity contribution in [2.24, 2.45) is 0 Å². The van der Waals surface area contributed by atoms with Crippen LogP contribution < -0.4 is 5.32 Å². The van der Waals surface area contributed by atoms with Crippen molar-refractivity contribution in [2.45, 2.75) is 32.7 Å². The van der Waals surface area contributed by atoms with E-state index < -0.39 is 34.8 Å². The van der Waals surface area contributed by atoms with Crippen LogP contribution in [0, 0.1) is 23.5 Å². The Kier molecular flexibility index (Phi) is 3.40. The summed E-state index contributed by atoms with van der Waals surface area (Å²) in [5.74, 6) is -6.34. The van der Waals surface area contributed by atoms with Crippen molar-refractivity contribution < 1.29 is 17.6 Å². The molecule has 0 aliphatic heterocycles. The van der Waals surface area contributed by atoms with E-state index in [1.807, 2.05) is 0 Å². The van der Waals surface area contributed by atoms with Gasteiger partial charge in [-0.25, -0.2) is 0 Å². The Labute approximate surface area is 90.7 Å². The largest absolute Gasteiger partial charge is 0.375 e.